The molecule has 0 atom stereocenters. The maximum atomic E-state index is 11.7. The van der Waals surface area contributed by atoms with Gasteiger partial charge < -0.3 is 0 Å². The highest BCUT2D eigenvalue weighted by Gasteiger charge is 2.11. The molecule has 0 spiro atoms. The highest BCUT2D eigenvalue weighted by molar-refractivity contribution is 9.10. The third-order valence-electron chi connectivity index (χ3n) is 2.33. The maximum Gasteiger partial charge on any atom is 0.164 e. The molecular weight excluding hydrogens is 306 g/mol. The fourth-order valence-corrected chi connectivity index (χ4v) is 2.54. The van der Waals surface area contributed by atoms with Crippen LogP contribution in [0.4, 0.5) is 0 Å². The van der Waals surface area contributed by atoms with E-state index in [-0.39, 0.29) is 23.7 Å². The molecule has 0 aliphatic heterocycles. The third-order valence-corrected chi connectivity index (χ3v) is 4.55. The second-order valence-electron chi connectivity index (χ2n) is 3.65. The molecule has 0 aromatic carbocycles. The zero-order valence-electron chi connectivity index (χ0n) is 9.52. The van der Waals surface area contributed by atoms with Gasteiger partial charge in [0.25, 0.3) is 0 Å². The summed E-state index contributed by atoms with van der Waals surface area (Å²) in [6.07, 6.45) is 3.68. The SMILES string of the molecule is CCS(=O)(=O)CCCC(=O)c1cncc(Br)c1. The number of nitrogens with zero attached hydrogens (tertiary/aromatic N) is 1. The van der Waals surface area contributed by atoms with Crippen molar-refractivity contribution in [3.63, 3.8) is 0 Å². The van der Waals surface area contributed by atoms with E-state index in [1.165, 1.54) is 6.20 Å². The standard InChI is InChI=1S/C11H14BrNO3S/c1-2-17(15,16)5-3-4-11(14)9-6-10(12)8-13-7-9/h6-8H,2-5H2,1H3. The molecule has 0 unspecified atom stereocenters. The van der Waals surface area contributed by atoms with E-state index in [1.54, 1.807) is 19.2 Å². The molecule has 4 nitrogen and oxygen atoms in total. The lowest BCUT2D eigenvalue weighted by Gasteiger charge is -2.02. The minimum atomic E-state index is -2.98. The summed E-state index contributed by atoms with van der Waals surface area (Å²) in [6, 6.07) is 1.68. The average molecular weight is 320 g/mol. The van der Waals surface area contributed by atoms with E-state index in [9.17, 15) is 13.2 Å². The van der Waals surface area contributed by atoms with Gasteiger partial charge in [-0.25, -0.2) is 8.42 Å². The number of ketones is 1. The van der Waals surface area contributed by atoms with Crippen LogP contribution in [0.5, 0.6) is 0 Å². The first kappa shape index (κ1) is 14.3. The van der Waals surface area contributed by atoms with Crippen LogP contribution in [0.3, 0.4) is 0 Å². The van der Waals surface area contributed by atoms with Gasteiger partial charge in [0.05, 0.1) is 5.75 Å². The van der Waals surface area contributed by atoms with Crippen molar-refractivity contribution in [3.8, 4) is 0 Å². The van der Waals surface area contributed by atoms with E-state index < -0.39 is 9.84 Å². The monoisotopic (exact) mass is 319 g/mol. The minimum absolute atomic E-state index is 0.0661. The van der Waals surface area contributed by atoms with Crippen LogP contribution in [0.25, 0.3) is 0 Å². The Bertz CT molecular complexity index is 499. The lowest BCUT2D eigenvalue weighted by Crippen LogP contribution is -2.10. The van der Waals surface area contributed by atoms with Crippen LogP contribution in [0.15, 0.2) is 22.9 Å². The molecule has 1 aromatic rings. The molecule has 1 aromatic heterocycles. The Morgan fingerprint density at radius 1 is 1.41 bits per heavy atom. The van der Waals surface area contributed by atoms with Gasteiger partial charge in [0.15, 0.2) is 5.78 Å². The van der Waals surface area contributed by atoms with Crippen molar-refractivity contribution in [3.05, 3.63) is 28.5 Å². The number of aromatic nitrogens is 1. The Balaban J connectivity index is 2.51. The van der Waals surface area contributed by atoms with Crippen molar-refractivity contribution in [1.29, 1.82) is 0 Å². The Labute approximate surface area is 109 Å². The zero-order valence-corrected chi connectivity index (χ0v) is 11.9. The summed E-state index contributed by atoms with van der Waals surface area (Å²) in [5, 5.41) is 0. The first-order valence-electron chi connectivity index (χ1n) is 5.29. The van der Waals surface area contributed by atoms with Crippen molar-refractivity contribution >= 4 is 31.6 Å². The first-order valence-corrected chi connectivity index (χ1v) is 7.90. The summed E-state index contributed by atoms with van der Waals surface area (Å²) >= 11 is 3.23. The smallest absolute Gasteiger partial charge is 0.164 e. The molecule has 6 heteroatoms. The van der Waals surface area contributed by atoms with E-state index >= 15 is 0 Å². The molecule has 0 fully saturated rings. The zero-order chi connectivity index (χ0) is 12.9. The van der Waals surface area contributed by atoms with E-state index in [4.69, 9.17) is 0 Å². The minimum Gasteiger partial charge on any atom is -0.294 e. The highest BCUT2D eigenvalue weighted by Crippen LogP contribution is 2.12. The van der Waals surface area contributed by atoms with Crippen molar-refractivity contribution in [2.24, 2.45) is 0 Å². The van der Waals surface area contributed by atoms with Gasteiger partial charge in [-0.3, -0.25) is 9.78 Å². The topological polar surface area (TPSA) is 64.1 Å². The second kappa shape index (κ2) is 6.26. The Morgan fingerprint density at radius 2 is 2.12 bits per heavy atom. The molecule has 0 aliphatic rings. The average Bonchev–Trinajstić information content (AvgIpc) is 2.28. The highest BCUT2D eigenvalue weighted by atomic mass is 79.9. The van der Waals surface area contributed by atoms with E-state index in [2.05, 4.69) is 20.9 Å². The molecule has 0 amide bonds. The van der Waals surface area contributed by atoms with E-state index in [0.717, 1.165) is 4.47 Å². The van der Waals surface area contributed by atoms with Gasteiger partial charge in [-0.1, -0.05) is 6.92 Å². The molecule has 0 aliphatic carbocycles. The molecule has 0 saturated heterocycles. The first-order chi connectivity index (χ1) is 7.94. The summed E-state index contributed by atoms with van der Waals surface area (Å²) in [7, 11) is -2.98. The number of hydrogen-bond acceptors (Lipinski definition) is 4. The molecule has 0 saturated carbocycles. The number of pyridine rings is 1. The number of carbonyl (C=O) groups is 1. The van der Waals surface area contributed by atoms with Crippen LogP contribution in [-0.2, 0) is 9.84 Å². The van der Waals surface area contributed by atoms with Crippen LogP contribution in [0.2, 0.25) is 0 Å². The van der Waals surface area contributed by atoms with Crippen molar-refractivity contribution in [2.45, 2.75) is 19.8 Å². The van der Waals surface area contributed by atoms with Crippen LogP contribution >= 0.6 is 15.9 Å². The molecule has 1 rings (SSSR count). The maximum absolute atomic E-state index is 11.7. The molecular formula is C11H14BrNO3S. The molecule has 0 radical (unpaired) electrons. The Hall–Kier alpha value is -0.750. The normalized spacial score (nSPS) is 11.4. The fraction of sp³-hybridized carbons (Fsp3) is 0.455. The predicted molar refractivity (Wildman–Crippen MR) is 69.8 cm³/mol. The lowest BCUT2D eigenvalue weighted by molar-refractivity contribution is 0.0981. The van der Waals surface area contributed by atoms with Gasteiger partial charge in [-0.15, -0.1) is 0 Å². The summed E-state index contributed by atoms with van der Waals surface area (Å²) in [6.45, 7) is 1.61. The quantitative estimate of drug-likeness (QED) is 0.754. The van der Waals surface area contributed by atoms with E-state index in [1.807, 2.05) is 0 Å². The van der Waals surface area contributed by atoms with Crippen molar-refractivity contribution in [1.82, 2.24) is 4.98 Å². The molecule has 17 heavy (non-hydrogen) atoms. The molecule has 94 valence electrons. The van der Waals surface area contributed by atoms with E-state index in [0.29, 0.717) is 12.0 Å². The predicted octanol–water partition coefficient (Wildman–Crippen LogP) is 2.24. The number of sulfone groups is 1. The number of halogens is 1. The summed E-state index contributed by atoms with van der Waals surface area (Å²) < 4.78 is 23.2. The number of hydrogen-bond donors (Lipinski definition) is 0. The fourth-order valence-electron chi connectivity index (χ4n) is 1.31. The van der Waals surface area contributed by atoms with Gasteiger partial charge in [-0.05, 0) is 28.4 Å². The van der Waals surface area contributed by atoms with Gasteiger partial charge >= 0.3 is 0 Å². The molecule has 0 bridgehead atoms. The van der Waals surface area contributed by atoms with Crippen molar-refractivity contribution in [2.75, 3.05) is 11.5 Å². The van der Waals surface area contributed by atoms with Crippen LogP contribution in [0, 0.1) is 0 Å². The number of Topliss-reactive ketones (excluding diaryl/α,β-unsaturated/α-hetero) is 1. The summed E-state index contributed by atoms with van der Waals surface area (Å²) in [4.78, 5) is 15.6. The van der Waals surface area contributed by atoms with Crippen LogP contribution in [0.1, 0.15) is 30.1 Å². The number of rotatable bonds is 6. The largest absolute Gasteiger partial charge is 0.294 e. The van der Waals surface area contributed by atoms with Gasteiger partial charge in [-0.2, -0.15) is 0 Å². The third kappa shape index (κ3) is 4.95. The Kier molecular flexibility index (Phi) is 5.27. The van der Waals surface area contributed by atoms with Crippen LogP contribution in [-0.4, -0.2) is 30.7 Å². The van der Waals surface area contributed by atoms with Gasteiger partial charge in [0.1, 0.15) is 9.84 Å². The molecule has 0 N–H and O–H groups in total. The Morgan fingerprint density at radius 3 is 2.71 bits per heavy atom. The van der Waals surface area contributed by atoms with Crippen molar-refractivity contribution < 1.29 is 13.2 Å². The summed E-state index contributed by atoms with van der Waals surface area (Å²) in [5.41, 5.74) is 0.508. The second-order valence-corrected chi connectivity index (χ2v) is 7.04. The van der Waals surface area contributed by atoms with Gasteiger partial charge in [0, 0.05) is 34.6 Å². The molecule has 1 heterocycles. The summed E-state index contributed by atoms with van der Waals surface area (Å²) in [5.74, 6) is 0.112. The van der Waals surface area contributed by atoms with Crippen LogP contribution < -0.4 is 0 Å². The van der Waals surface area contributed by atoms with Gasteiger partial charge in [0.2, 0.25) is 0 Å². The lowest BCUT2D eigenvalue weighted by atomic mass is 10.1. The number of carbonyl (C=O) groups excluding carboxylic acids is 1.